The van der Waals surface area contributed by atoms with E-state index in [1.807, 2.05) is 13.8 Å². The minimum atomic E-state index is -3.17. The predicted octanol–water partition coefficient (Wildman–Crippen LogP) is 0.632. The van der Waals surface area contributed by atoms with Crippen molar-refractivity contribution in [2.45, 2.75) is 33.2 Å². The summed E-state index contributed by atoms with van der Waals surface area (Å²) in [6.07, 6.45) is 2.73. The van der Waals surface area contributed by atoms with E-state index in [9.17, 15) is 8.42 Å². The van der Waals surface area contributed by atoms with E-state index < -0.39 is 10.0 Å². The Labute approximate surface area is 154 Å². The molecule has 3 N–H and O–H groups in total. The average molecular weight is 459 g/mol. The van der Waals surface area contributed by atoms with Crippen LogP contribution in [0.4, 0.5) is 0 Å². The van der Waals surface area contributed by atoms with Crippen LogP contribution in [-0.4, -0.2) is 45.9 Å². The number of aryl methyl sites for hydroxylation is 2. The molecule has 0 saturated heterocycles. The first kappa shape index (κ1) is 22.1. The third kappa shape index (κ3) is 7.97. The molecule has 0 saturated carbocycles. The number of rotatable bonds is 8. The molecule has 0 aliphatic rings. The predicted molar refractivity (Wildman–Crippen MR) is 102 cm³/mol. The Morgan fingerprint density at radius 3 is 2.43 bits per heavy atom. The number of sulfonamides is 1. The van der Waals surface area contributed by atoms with Crippen LogP contribution in [0.3, 0.4) is 0 Å². The summed E-state index contributed by atoms with van der Waals surface area (Å²) in [6, 6.07) is 0. The first-order chi connectivity index (χ1) is 10.4. The Bertz CT molecular complexity index is 579. The summed E-state index contributed by atoms with van der Waals surface area (Å²) >= 11 is 0. The third-order valence-corrected chi connectivity index (χ3v) is 3.77. The average Bonchev–Trinajstić information content (AvgIpc) is 2.87. The van der Waals surface area contributed by atoms with Gasteiger partial charge in [-0.15, -0.1) is 24.0 Å². The summed E-state index contributed by atoms with van der Waals surface area (Å²) in [6.45, 7) is 5.36. The van der Waals surface area contributed by atoms with Crippen molar-refractivity contribution in [2.75, 3.05) is 26.4 Å². The van der Waals surface area contributed by atoms with Crippen molar-refractivity contribution < 1.29 is 12.9 Å². The van der Waals surface area contributed by atoms with Crippen LogP contribution < -0.4 is 15.4 Å². The first-order valence-corrected chi connectivity index (χ1v) is 9.15. The van der Waals surface area contributed by atoms with E-state index in [2.05, 4.69) is 25.5 Å². The van der Waals surface area contributed by atoms with Crippen LogP contribution in [0.1, 0.15) is 30.9 Å². The molecule has 0 spiro atoms. The molecule has 134 valence electrons. The molecular weight excluding hydrogens is 433 g/mol. The molecule has 0 atom stereocenters. The number of nitrogens with one attached hydrogen (secondary N) is 3. The molecule has 0 bridgehead atoms. The molecule has 0 aliphatic heterocycles. The smallest absolute Gasteiger partial charge is 0.208 e. The van der Waals surface area contributed by atoms with Crippen LogP contribution >= 0.6 is 24.0 Å². The normalized spacial score (nSPS) is 11.9. The van der Waals surface area contributed by atoms with Gasteiger partial charge in [-0.3, -0.25) is 4.99 Å². The van der Waals surface area contributed by atoms with Crippen molar-refractivity contribution >= 4 is 40.0 Å². The van der Waals surface area contributed by atoms with Crippen molar-refractivity contribution in [3.63, 3.8) is 0 Å². The second kappa shape index (κ2) is 10.8. The van der Waals surface area contributed by atoms with E-state index in [1.54, 1.807) is 7.05 Å². The number of aliphatic imine (C=N–C) groups is 1. The highest BCUT2D eigenvalue weighted by molar-refractivity contribution is 14.0. The first-order valence-electron chi connectivity index (χ1n) is 7.26. The lowest BCUT2D eigenvalue weighted by Crippen LogP contribution is -2.41. The summed E-state index contributed by atoms with van der Waals surface area (Å²) in [5.41, 5.74) is 2.00. The third-order valence-electron chi connectivity index (χ3n) is 3.04. The molecule has 10 heteroatoms. The molecule has 0 amide bonds. The molecule has 0 fully saturated rings. The lowest BCUT2D eigenvalue weighted by Gasteiger charge is -2.12. The highest BCUT2D eigenvalue weighted by Crippen LogP contribution is 2.15. The lowest BCUT2D eigenvalue weighted by atomic mass is 10.1. The number of nitrogens with zero attached hydrogens (tertiary/aromatic N) is 2. The molecule has 8 nitrogen and oxygen atoms in total. The lowest BCUT2D eigenvalue weighted by molar-refractivity contribution is 0.380. The van der Waals surface area contributed by atoms with Crippen molar-refractivity contribution in [2.24, 2.45) is 4.99 Å². The van der Waals surface area contributed by atoms with Crippen molar-refractivity contribution in [1.82, 2.24) is 20.5 Å². The zero-order chi connectivity index (χ0) is 16.6. The van der Waals surface area contributed by atoms with Gasteiger partial charge in [0.05, 0.1) is 11.9 Å². The maximum absolute atomic E-state index is 11.0. The second-order valence-corrected chi connectivity index (χ2v) is 6.59. The molecule has 0 aromatic carbocycles. The molecule has 1 aromatic rings. The van der Waals surface area contributed by atoms with Gasteiger partial charge in [0.2, 0.25) is 10.0 Å². The van der Waals surface area contributed by atoms with Gasteiger partial charge in [-0.25, -0.2) is 13.1 Å². The molecule has 0 unspecified atom stereocenters. The number of halogens is 1. The van der Waals surface area contributed by atoms with Crippen LogP contribution in [0.2, 0.25) is 0 Å². The van der Waals surface area contributed by atoms with Gasteiger partial charge in [0.25, 0.3) is 0 Å². The second-order valence-electron chi connectivity index (χ2n) is 4.76. The number of aromatic nitrogens is 1. The standard InChI is InChI=1S/C13H25N5O3S.HI/c1-5-11-10(12(6-2)21-18-11)9-16-13(14-3)15-7-8-17-22(4,19)20;/h17H,5-9H2,1-4H3,(H2,14,15,16);1H. The van der Waals surface area contributed by atoms with Crippen LogP contribution in [-0.2, 0) is 29.4 Å². The fourth-order valence-corrected chi connectivity index (χ4v) is 2.42. The van der Waals surface area contributed by atoms with Gasteiger partial charge in [-0.05, 0) is 6.42 Å². The Morgan fingerprint density at radius 1 is 1.22 bits per heavy atom. The maximum atomic E-state index is 11.0. The van der Waals surface area contributed by atoms with Gasteiger partial charge >= 0.3 is 0 Å². The summed E-state index contributed by atoms with van der Waals surface area (Å²) in [5.74, 6) is 1.47. The molecule has 0 radical (unpaired) electrons. The van der Waals surface area contributed by atoms with E-state index in [-0.39, 0.29) is 24.0 Å². The van der Waals surface area contributed by atoms with Crippen LogP contribution in [0.5, 0.6) is 0 Å². The minimum absolute atomic E-state index is 0. The largest absolute Gasteiger partial charge is 0.361 e. The Kier molecular flexibility index (Phi) is 10.4. The highest BCUT2D eigenvalue weighted by atomic mass is 127. The van der Waals surface area contributed by atoms with E-state index in [4.69, 9.17) is 4.52 Å². The monoisotopic (exact) mass is 459 g/mol. The van der Waals surface area contributed by atoms with E-state index in [0.29, 0.717) is 25.6 Å². The quantitative estimate of drug-likeness (QED) is 0.228. The fraction of sp³-hybridized carbons (Fsp3) is 0.692. The summed E-state index contributed by atoms with van der Waals surface area (Å²) in [7, 11) is -1.50. The molecule has 0 aliphatic carbocycles. The summed E-state index contributed by atoms with van der Waals surface area (Å²) < 4.78 is 29.7. The SMILES string of the molecule is CCc1noc(CC)c1CNC(=NC)NCCNS(C)(=O)=O.I. The van der Waals surface area contributed by atoms with E-state index >= 15 is 0 Å². The van der Waals surface area contributed by atoms with Gasteiger partial charge in [0, 0.05) is 38.7 Å². The van der Waals surface area contributed by atoms with E-state index in [0.717, 1.165) is 36.1 Å². The van der Waals surface area contributed by atoms with Crippen molar-refractivity contribution in [3.05, 3.63) is 17.0 Å². The molecule has 1 rings (SSSR count). The molecule has 23 heavy (non-hydrogen) atoms. The van der Waals surface area contributed by atoms with Crippen molar-refractivity contribution in [1.29, 1.82) is 0 Å². The molecule has 1 heterocycles. The highest BCUT2D eigenvalue weighted by Gasteiger charge is 2.13. The number of guanidine groups is 1. The molecule has 1 aromatic heterocycles. The Hall–Kier alpha value is -0.880. The molecular formula is C13H26IN5O3S. The van der Waals surface area contributed by atoms with Gasteiger partial charge < -0.3 is 15.2 Å². The minimum Gasteiger partial charge on any atom is -0.361 e. The Balaban J connectivity index is 0.00000484. The number of hydrogen-bond donors (Lipinski definition) is 3. The van der Waals surface area contributed by atoms with Gasteiger partial charge in [-0.1, -0.05) is 19.0 Å². The fourth-order valence-electron chi connectivity index (χ4n) is 1.95. The number of hydrogen-bond acceptors (Lipinski definition) is 5. The zero-order valence-corrected chi connectivity index (χ0v) is 17.1. The van der Waals surface area contributed by atoms with Gasteiger partial charge in [0.1, 0.15) is 5.76 Å². The maximum Gasteiger partial charge on any atom is 0.208 e. The van der Waals surface area contributed by atoms with Gasteiger partial charge in [0.15, 0.2) is 5.96 Å². The Morgan fingerprint density at radius 2 is 1.91 bits per heavy atom. The van der Waals surface area contributed by atoms with Crippen LogP contribution in [0.25, 0.3) is 0 Å². The van der Waals surface area contributed by atoms with Crippen molar-refractivity contribution in [3.8, 4) is 0 Å². The van der Waals surface area contributed by atoms with Crippen LogP contribution in [0, 0.1) is 0 Å². The summed E-state index contributed by atoms with van der Waals surface area (Å²) in [4.78, 5) is 4.10. The zero-order valence-electron chi connectivity index (χ0n) is 14.0. The van der Waals surface area contributed by atoms with Gasteiger partial charge in [-0.2, -0.15) is 0 Å². The topological polar surface area (TPSA) is 109 Å². The summed E-state index contributed by atoms with van der Waals surface area (Å²) in [5, 5.41) is 10.3. The van der Waals surface area contributed by atoms with Crippen LogP contribution in [0.15, 0.2) is 9.52 Å². The van der Waals surface area contributed by atoms with E-state index in [1.165, 1.54) is 0 Å².